The molecule has 290 valence electrons. The van der Waals surface area contributed by atoms with Crippen molar-refractivity contribution in [2.24, 2.45) is 5.41 Å². The fraction of sp³-hybridized carbons (Fsp3) is 0.415. The lowest BCUT2D eigenvalue weighted by molar-refractivity contribution is -0.894. The Kier molecular flexibility index (Phi) is 15.5. The number of aliphatic carboxylic acids is 1. The van der Waals surface area contributed by atoms with Gasteiger partial charge in [0.05, 0.1) is 38.4 Å². The first kappa shape index (κ1) is 41.5. The van der Waals surface area contributed by atoms with E-state index < -0.39 is 34.8 Å². The van der Waals surface area contributed by atoms with E-state index in [4.69, 9.17) is 14.2 Å². The number of unbranched alkanes of at least 4 members (excludes halogenated alkanes) is 3. The average Bonchev–Trinajstić information content (AvgIpc) is 3.97. The van der Waals surface area contributed by atoms with Crippen LogP contribution in [-0.4, -0.2) is 55.6 Å². The maximum Gasteiger partial charge on any atom is 0.240 e. The number of ether oxygens (including phenoxy) is 3. The van der Waals surface area contributed by atoms with Crippen LogP contribution in [0.5, 0.6) is 23.0 Å². The first-order chi connectivity index (χ1) is 26.0. The summed E-state index contributed by atoms with van der Waals surface area (Å²) in [4.78, 5) is 42.5. The van der Waals surface area contributed by atoms with Gasteiger partial charge in [-0.25, -0.2) is 8.78 Å². The van der Waals surface area contributed by atoms with Gasteiger partial charge in [-0.3, -0.25) is 14.6 Å². The number of anilines is 2. The minimum atomic E-state index is -1.29. The maximum absolute atomic E-state index is 15.3. The Morgan fingerprint density at radius 1 is 0.759 bits per heavy atom. The van der Waals surface area contributed by atoms with Crippen LogP contribution in [0, 0.1) is 17.0 Å². The van der Waals surface area contributed by atoms with E-state index in [2.05, 4.69) is 36.4 Å². The van der Waals surface area contributed by atoms with Crippen molar-refractivity contribution in [3.8, 4) is 23.0 Å². The highest BCUT2D eigenvalue weighted by Crippen LogP contribution is 2.47. The van der Waals surface area contributed by atoms with Crippen molar-refractivity contribution in [2.45, 2.75) is 72.6 Å². The van der Waals surface area contributed by atoms with Crippen LogP contribution in [0.15, 0.2) is 66.9 Å². The van der Waals surface area contributed by atoms with Crippen LogP contribution in [0.1, 0.15) is 72.6 Å². The first-order valence-corrected chi connectivity index (χ1v) is 18.6. The number of carboxylic acids is 1. The molecule has 1 aliphatic carbocycles. The number of amides is 2. The van der Waals surface area contributed by atoms with Crippen LogP contribution < -0.4 is 34.9 Å². The van der Waals surface area contributed by atoms with E-state index in [1.54, 1.807) is 23.1 Å². The molecule has 11 nitrogen and oxygen atoms in total. The van der Waals surface area contributed by atoms with Gasteiger partial charge in [0.2, 0.25) is 11.8 Å². The second-order valence-electron chi connectivity index (χ2n) is 13.0. The topological polar surface area (TPSA) is 143 Å². The molecule has 13 heteroatoms. The zero-order chi connectivity index (χ0) is 39.1. The molecule has 1 fully saturated rings. The van der Waals surface area contributed by atoms with Gasteiger partial charge in [0.25, 0.3) is 0 Å². The summed E-state index contributed by atoms with van der Waals surface area (Å²) in [5.41, 5.74) is -0.243. The van der Waals surface area contributed by atoms with E-state index >= 15 is 4.39 Å². The molecule has 5 rings (SSSR count). The van der Waals surface area contributed by atoms with Crippen molar-refractivity contribution in [3.63, 3.8) is 0 Å². The standard InChI is InChI=1S/C35H35F2N3O7.C6H15N/c1-2-45-30-20-25-27(21-31(30)46-18-6-4-3-5-7-32(41)42)38-17-14-28(25)47-29-13-12-24(19-26(29)37)40-34(44)35(15-16-35)33(43)39-23-10-8-22(36)9-11-23;1-4-7(5-2)6-3/h8-14,17,19-21H,2-7,15-16,18H2,1H3,(H,39,43)(H,40,44)(H,41,42);4-6H2,1-3H3. The third-order valence-corrected chi connectivity index (χ3v) is 9.23. The average molecular weight is 749 g/mol. The zero-order valence-electron chi connectivity index (χ0n) is 31.4. The number of nitrogens with zero attached hydrogens (tertiary/aromatic N) is 1. The van der Waals surface area contributed by atoms with Gasteiger partial charge in [0.1, 0.15) is 17.0 Å². The van der Waals surface area contributed by atoms with E-state index in [0.717, 1.165) is 25.3 Å². The van der Waals surface area contributed by atoms with E-state index in [9.17, 15) is 23.9 Å². The number of carboxylic acid groups (broad SMARTS) is 1. The molecule has 54 heavy (non-hydrogen) atoms. The molecule has 3 N–H and O–H groups in total. The summed E-state index contributed by atoms with van der Waals surface area (Å²) in [7, 11) is 0. The summed E-state index contributed by atoms with van der Waals surface area (Å²) >= 11 is 0. The van der Waals surface area contributed by atoms with E-state index in [-0.39, 0.29) is 17.9 Å². The number of quaternary nitrogens is 1. The van der Waals surface area contributed by atoms with Gasteiger partial charge in [-0.2, -0.15) is 0 Å². The normalized spacial score (nSPS) is 12.7. The summed E-state index contributed by atoms with van der Waals surface area (Å²) in [5.74, 6) is -2.14. The van der Waals surface area contributed by atoms with Crippen molar-refractivity contribution in [3.05, 3.63) is 78.5 Å². The number of nitrogens with one attached hydrogen (secondary N) is 3. The van der Waals surface area contributed by atoms with Crippen molar-refractivity contribution < 1.29 is 47.4 Å². The number of carbonyl (C=O) groups excluding carboxylic acids is 3. The van der Waals surface area contributed by atoms with Crippen LogP contribution in [0.3, 0.4) is 0 Å². The summed E-state index contributed by atoms with van der Waals surface area (Å²) in [6.45, 7) is 13.1. The summed E-state index contributed by atoms with van der Waals surface area (Å²) in [5, 5.41) is 16.4. The van der Waals surface area contributed by atoms with Crippen LogP contribution in [0.25, 0.3) is 10.9 Å². The highest BCUT2D eigenvalue weighted by atomic mass is 19.1. The second kappa shape index (κ2) is 20.2. The summed E-state index contributed by atoms with van der Waals surface area (Å²) in [6.07, 6.45) is 5.08. The van der Waals surface area contributed by atoms with Crippen molar-refractivity contribution in [2.75, 3.05) is 43.5 Å². The highest BCUT2D eigenvalue weighted by Gasteiger charge is 2.56. The second-order valence-corrected chi connectivity index (χ2v) is 13.0. The molecule has 3 aromatic carbocycles. The molecule has 1 saturated carbocycles. The third-order valence-electron chi connectivity index (χ3n) is 9.23. The third kappa shape index (κ3) is 11.6. The minimum absolute atomic E-state index is 0.0441. The number of hydrogen-bond acceptors (Lipinski definition) is 8. The van der Waals surface area contributed by atoms with Crippen molar-refractivity contribution in [1.82, 2.24) is 4.98 Å². The molecule has 0 bridgehead atoms. The van der Waals surface area contributed by atoms with Crippen LogP contribution >= 0.6 is 0 Å². The molecule has 0 spiro atoms. The monoisotopic (exact) mass is 748 g/mol. The number of carbonyl (C=O) groups is 3. The molecule has 0 radical (unpaired) electrons. The highest BCUT2D eigenvalue weighted by molar-refractivity contribution is 6.16. The Bertz CT molecular complexity index is 1860. The number of halogens is 2. The number of hydrogen-bond donors (Lipinski definition) is 3. The number of aromatic nitrogens is 1. The van der Waals surface area contributed by atoms with Crippen molar-refractivity contribution in [1.29, 1.82) is 0 Å². The van der Waals surface area contributed by atoms with E-state index in [0.29, 0.717) is 66.3 Å². The van der Waals surface area contributed by atoms with Gasteiger partial charge < -0.3 is 39.6 Å². The number of rotatable bonds is 19. The van der Waals surface area contributed by atoms with Crippen LogP contribution in [-0.2, 0) is 14.4 Å². The first-order valence-electron chi connectivity index (χ1n) is 18.6. The predicted octanol–water partition coefficient (Wildman–Crippen LogP) is 6.07. The molecule has 0 atom stereocenters. The summed E-state index contributed by atoms with van der Waals surface area (Å²) < 4.78 is 46.1. The molecule has 0 aliphatic heterocycles. The lowest BCUT2D eigenvalue weighted by atomic mass is 10.0. The zero-order valence-corrected chi connectivity index (χ0v) is 31.4. The van der Waals surface area contributed by atoms with Gasteiger partial charge in [-0.1, -0.05) is 12.8 Å². The molecule has 2 amide bonds. The lowest BCUT2D eigenvalue weighted by Crippen LogP contribution is -3.11. The quantitative estimate of drug-likeness (QED) is 0.0775. The van der Waals surface area contributed by atoms with Gasteiger partial charge in [0, 0.05) is 41.1 Å². The summed E-state index contributed by atoms with van der Waals surface area (Å²) in [6, 6.07) is 14.2. The van der Waals surface area contributed by atoms with E-state index in [1.807, 2.05) is 6.92 Å². The maximum atomic E-state index is 15.3. The predicted molar refractivity (Wildman–Crippen MR) is 201 cm³/mol. The van der Waals surface area contributed by atoms with Gasteiger partial charge in [-0.05, 0) is 108 Å². The molecular formula is C41H50F2N4O7. The van der Waals surface area contributed by atoms with Gasteiger partial charge >= 0.3 is 0 Å². The SMILES string of the molecule is CCOc1cc2c(Oc3ccc(NC(=O)C4(C(=O)Nc5ccc(F)cc5)CC4)cc3F)ccnc2cc1OCCCCCCC(=O)[O-].CC[NH+](CC)CC. The number of pyridine rings is 1. The Labute approximate surface area is 315 Å². The fourth-order valence-electron chi connectivity index (χ4n) is 5.75. The molecule has 1 aliphatic rings. The van der Waals surface area contributed by atoms with Crippen LogP contribution in [0.4, 0.5) is 20.2 Å². The Morgan fingerprint density at radius 2 is 1.39 bits per heavy atom. The molecule has 4 aromatic rings. The van der Waals surface area contributed by atoms with Gasteiger partial charge in [-0.15, -0.1) is 0 Å². The number of fused-ring (bicyclic) bond motifs is 1. The molecule has 0 unspecified atom stereocenters. The smallest absolute Gasteiger partial charge is 0.240 e. The molecule has 1 heterocycles. The lowest BCUT2D eigenvalue weighted by Gasteiger charge is -2.16. The van der Waals surface area contributed by atoms with E-state index in [1.165, 1.54) is 62.2 Å². The fourth-order valence-corrected chi connectivity index (χ4v) is 5.75. The Hall–Kier alpha value is -5.30. The van der Waals surface area contributed by atoms with Gasteiger partial charge in [0.15, 0.2) is 23.1 Å². The Balaban J connectivity index is 0.000000845. The van der Waals surface area contributed by atoms with Crippen molar-refractivity contribution >= 4 is 40.1 Å². The molecular weight excluding hydrogens is 698 g/mol. The largest absolute Gasteiger partial charge is 0.550 e. The van der Waals surface area contributed by atoms with Crippen LogP contribution in [0.2, 0.25) is 0 Å². The molecule has 0 saturated heterocycles. The number of benzene rings is 3. The minimum Gasteiger partial charge on any atom is -0.550 e. The molecule has 1 aromatic heterocycles. The Morgan fingerprint density at radius 3 is 1.98 bits per heavy atom.